The number of halogens is 6. The highest BCUT2D eigenvalue weighted by atomic mass is 19.4. The van der Waals surface area contributed by atoms with Crippen molar-refractivity contribution < 1.29 is 26.3 Å². The molecule has 0 aromatic carbocycles. The van der Waals surface area contributed by atoms with Gasteiger partial charge >= 0.3 is 12.4 Å². The lowest BCUT2D eigenvalue weighted by molar-refractivity contribution is -0.143. The Labute approximate surface area is 117 Å². The van der Waals surface area contributed by atoms with E-state index in [1.807, 2.05) is 0 Å². The molecule has 0 saturated carbocycles. The van der Waals surface area contributed by atoms with Crippen molar-refractivity contribution in [1.29, 1.82) is 0 Å². The second-order valence-electron chi connectivity index (χ2n) is 4.40. The lowest BCUT2D eigenvalue weighted by atomic mass is 10.4. The summed E-state index contributed by atoms with van der Waals surface area (Å²) in [6.45, 7) is -0.720. The molecule has 0 radical (unpaired) electrons. The number of nitrogens with zero attached hydrogens (tertiary/aromatic N) is 3. The summed E-state index contributed by atoms with van der Waals surface area (Å²) in [5.74, 6) is -0.205. The third-order valence-corrected chi connectivity index (χ3v) is 2.39. The molecule has 120 valence electrons. The lowest BCUT2D eigenvalue weighted by Crippen LogP contribution is -2.32. The van der Waals surface area contributed by atoms with Crippen LogP contribution in [0.2, 0.25) is 0 Å². The van der Waals surface area contributed by atoms with E-state index in [0.717, 1.165) is 17.2 Å². The molecule has 4 nitrogen and oxygen atoms in total. The van der Waals surface area contributed by atoms with Crippen LogP contribution in [0, 0.1) is 0 Å². The fourth-order valence-corrected chi connectivity index (χ4v) is 1.54. The third kappa shape index (κ3) is 7.11. The highest BCUT2D eigenvalue weighted by Gasteiger charge is 2.32. The molecule has 0 aliphatic rings. The molecular formula is C11H14F6N4. The number of alkyl halides is 6. The van der Waals surface area contributed by atoms with Gasteiger partial charge in [-0.15, -0.1) is 0 Å². The summed E-state index contributed by atoms with van der Waals surface area (Å²) < 4.78 is 73.3. The van der Waals surface area contributed by atoms with E-state index >= 15 is 0 Å². The Morgan fingerprint density at radius 3 is 2.43 bits per heavy atom. The van der Waals surface area contributed by atoms with Crippen molar-refractivity contribution in [2.75, 3.05) is 32.0 Å². The van der Waals surface area contributed by atoms with E-state index in [1.165, 1.54) is 7.05 Å². The minimum Gasteiger partial charge on any atom is -0.354 e. The van der Waals surface area contributed by atoms with E-state index in [0.29, 0.717) is 6.42 Å². The average molecular weight is 316 g/mol. The summed E-state index contributed by atoms with van der Waals surface area (Å²) in [5.41, 5.74) is -1.07. The van der Waals surface area contributed by atoms with Gasteiger partial charge < -0.3 is 5.32 Å². The van der Waals surface area contributed by atoms with Crippen LogP contribution < -0.4 is 5.32 Å². The minimum absolute atomic E-state index is 0.144. The summed E-state index contributed by atoms with van der Waals surface area (Å²) in [5, 5.41) is 2.55. The van der Waals surface area contributed by atoms with E-state index in [-0.39, 0.29) is 19.0 Å². The standard InChI is InChI=1S/C11H14F6N4/c1-21(7-10(12,13)14)6-2-4-18-9-19-5-3-8(20-9)11(15,16)17/h3,5H,2,4,6-7H2,1H3,(H,18,19,20). The first kappa shape index (κ1) is 17.5. The molecule has 0 saturated heterocycles. The normalized spacial score (nSPS) is 12.8. The SMILES string of the molecule is CN(CCCNc1nccc(C(F)(F)F)n1)CC(F)(F)F. The molecule has 0 spiro atoms. The fourth-order valence-electron chi connectivity index (χ4n) is 1.54. The van der Waals surface area contributed by atoms with Crippen LogP contribution >= 0.6 is 0 Å². The Morgan fingerprint density at radius 1 is 1.19 bits per heavy atom. The second kappa shape index (κ2) is 6.92. The molecule has 0 unspecified atom stereocenters. The van der Waals surface area contributed by atoms with Gasteiger partial charge in [-0.2, -0.15) is 26.3 Å². The van der Waals surface area contributed by atoms with Gasteiger partial charge in [0.2, 0.25) is 5.95 Å². The largest absolute Gasteiger partial charge is 0.433 e. The van der Waals surface area contributed by atoms with Crippen LogP contribution in [0.5, 0.6) is 0 Å². The van der Waals surface area contributed by atoms with Gasteiger partial charge in [-0.25, -0.2) is 9.97 Å². The number of anilines is 1. The zero-order chi connectivity index (χ0) is 16.1. The van der Waals surface area contributed by atoms with Crippen molar-refractivity contribution in [3.05, 3.63) is 18.0 Å². The zero-order valence-electron chi connectivity index (χ0n) is 11.1. The number of aromatic nitrogens is 2. The van der Waals surface area contributed by atoms with Gasteiger partial charge in [0.15, 0.2) is 0 Å². The highest BCUT2D eigenvalue weighted by Crippen LogP contribution is 2.27. The smallest absolute Gasteiger partial charge is 0.354 e. The Kier molecular flexibility index (Phi) is 5.76. The molecule has 1 rings (SSSR count). The number of rotatable bonds is 6. The Balaban J connectivity index is 2.37. The van der Waals surface area contributed by atoms with E-state index in [2.05, 4.69) is 15.3 Å². The van der Waals surface area contributed by atoms with Gasteiger partial charge in [0, 0.05) is 12.7 Å². The van der Waals surface area contributed by atoms with Crippen molar-refractivity contribution in [2.24, 2.45) is 0 Å². The van der Waals surface area contributed by atoms with Crippen molar-refractivity contribution >= 4 is 5.95 Å². The highest BCUT2D eigenvalue weighted by molar-refractivity contribution is 5.25. The van der Waals surface area contributed by atoms with Crippen LogP contribution in [-0.4, -0.2) is 47.7 Å². The topological polar surface area (TPSA) is 41.0 Å². The van der Waals surface area contributed by atoms with E-state index in [4.69, 9.17) is 0 Å². The Bertz CT molecular complexity index is 445. The first-order valence-corrected chi connectivity index (χ1v) is 5.97. The monoisotopic (exact) mass is 316 g/mol. The Morgan fingerprint density at radius 2 is 1.86 bits per heavy atom. The van der Waals surface area contributed by atoms with Gasteiger partial charge in [-0.1, -0.05) is 0 Å². The quantitative estimate of drug-likeness (QED) is 0.647. The molecule has 21 heavy (non-hydrogen) atoms. The third-order valence-electron chi connectivity index (χ3n) is 2.39. The van der Waals surface area contributed by atoms with Crippen molar-refractivity contribution in [1.82, 2.24) is 14.9 Å². The van der Waals surface area contributed by atoms with Crippen LogP contribution in [0.25, 0.3) is 0 Å². The van der Waals surface area contributed by atoms with Gasteiger partial charge in [0.1, 0.15) is 5.69 Å². The van der Waals surface area contributed by atoms with E-state index in [9.17, 15) is 26.3 Å². The second-order valence-corrected chi connectivity index (χ2v) is 4.40. The molecular weight excluding hydrogens is 302 g/mol. The lowest BCUT2D eigenvalue weighted by Gasteiger charge is -2.18. The number of hydrogen-bond donors (Lipinski definition) is 1. The van der Waals surface area contributed by atoms with Crippen LogP contribution in [0.1, 0.15) is 12.1 Å². The number of hydrogen-bond acceptors (Lipinski definition) is 4. The molecule has 1 heterocycles. The maximum atomic E-state index is 12.4. The first-order chi connectivity index (χ1) is 9.58. The molecule has 0 fully saturated rings. The van der Waals surface area contributed by atoms with Gasteiger partial charge in [-0.05, 0) is 26.1 Å². The molecule has 0 amide bonds. The Hall–Kier alpha value is -1.58. The van der Waals surface area contributed by atoms with Crippen LogP contribution in [0.4, 0.5) is 32.3 Å². The summed E-state index contributed by atoms with van der Waals surface area (Å²) in [4.78, 5) is 7.97. The maximum absolute atomic E-state index is 12.4. The predicted octanol–water partition coefficient (Wildman–Crippen LogP) is 2.79. The molecule has 1 N–H and O–H groups in total. The maximum Gasteiger partial charge on any atom is 0.433 e. The molecule has 0 aliphatic carbocycles. The zero-order valence-corrected chi connectivity index (χ0v) is 11.1. The molecule has 1 aromatic rings. The number of nitrogens with one attached hydrogen (secondary N) is 1. The van der Waals surface area contributed by atoms with Crippen molar-refractivity contribution in [3.8, 4) is 0 Å². The predicted molar refractivity (Wildman–Crippen MR) is 63.7 cm³/mol. The molecule has 10 heteroatoms. The minimum atomic E-state index is -4.56. The molecule has 0 bridgehead atoms. The summed E-state index contributed by atoms with van der Waals surface area (Å²) in [6.07, 6.45) is -7.56. The van der Waals surface area contributed by atoms with Gasteiger partial charge in [0.25, 0.3) is 0 Å². The van der Waals surface area contributed by atoms with E-state index < -0.39 is 24.6 Å². The van der Waals surface area contributed by atoms with Crippen molar-refractivity contribution in [3.63, 3.8) is 0 Å². The van der Waals surface area contributed by atoms with Crippen LogP contribution in [0.3, 0.4) is 0 Å². The average Bonchev–Trinajstić information content (AvgIpc) is 2.32. The summed E-state index contributed by atoms with van der Waals surface area (Å²) in [7, 11) is 1.31. The van der Waals surface area contributed by atoms with Crippen LogP contribution in [0.15, 0.2) is 12.3 Å². The van der Waals surface area contributed by atoms with Gasteiger partial charge in [-0.3, -0.25) is 4.90 Å². The van der Waals surface area contributed by atoms with E-state index in [1.54, 1.807) is 0 Å². The summed E-state index contributed by atoms with van der Waals surface area (Å²) >= 11 is 0. The fraction of sp³-hybridized carbons (Fsp3) is 0.636. The molecule has 1 aromatic heterocycles. The molecule has 0 aliphatic heterocycles. The van der Waals surface area contributed by atoms with Crippen molar-refractivity contribution in [2.45, 2.75) is 18.8 Å². The van der Waals surface area contributed by atoms with Crippen LogP contribution in [-0.2, 0) is 6.18 Å². The summed E-state index contributed by atoms with van der Waals surface area (Å²) in [6, 6.07) is 0.738. The first-order valence-electron chi connectivity index (χ1n) is 5.97. The van der Waals surface area contributed by atoms with Gasteiger partial charge in [0.05, 0.1) is 6.54 Å². The molecule has 0 atom stereocenters.